The number of likely N-dealkylation sites (tertiary alicyclic amines) is 1. The first-order valence-electron chi connectivity index (χ1n) is 5.91. The van der Waals surface area contributed by atoms with Gasteiger partial charge in [-0.1, -0.05) is 30.7 Å². The zero-order valence-corrected chi connectivity index (χ0v) is 11.0. The van der Waals surface area contributed by atoms with E-state index in [0.717, 1.165) is 0 Å². The Morgan fingerprint density at radius 1 is 1.50 bits per heavy atom. The summed E-state index contributed by atoms with van der Waals surface area (Å²) in [5, 5.41) is 10.3. The van der Waals surface area contributed by atoms with Gasteiger partial charge in [-0.25, -0.2) is 0 Å². The largest absolute Gasteiger partial charge is 0.482 e. The number of halogens is 1. The molecule has 1 saturated heterocycles. The second kappa shape index (κ2) is 5.16. The minimum absolute atomic E-state index is 0.0521. The molecule has 1 heterocycles. The number of nitrogens with zero attached hydrogens (tertiary/aromatic N) is 1. The highest BCUT2D eigenvalue weighted by Gasteiger charge is 2.41. The SMILES string of the molecule is CCC1(O)CN(C(=O)COc2ccccc2Cl)C1. The van der Waals surface area contributed by atoms with Gasteiger partial charge in [-0.2, -0.15) is 0 Å². The Bertz CT molecular complexity index is 444. The molecular formula is C13H16ClNO3. The van der Waals surface area contributed by atoms with Crippen LogP contribution in [0, 0.1) is 0 Å². The van der Waals surface area contributed by atoms with Crippen LogP contribution in [-0.4, -0.2) is 41.2 Å². The van der Waals surface area contributed by atoms with E-state index in [1.807, 2.05) is 6.92 Å². The van der Waals surface area contributed by atoms with Crippen molar-refractivity contribution in [3.05, 3.63) is 29.3 Å². The Kier molecular flexibility index (Phi) is 3.78. The molecule has 0 aliphatic carbocycles. The van der Waals surface area contributed by atoms with Crippen LogP contribution in [0.3, 0.4) is 0 Å². The summed E-state index contributed by atoms with van der Waals surface area (Å²) in [6.45, 7) is 2.62. The van der Waals surface area contributed by atoms with Crippen LogP contribution < -0.4 is 4.74 Å². The highest BCUT2D eigenvalue weighted by molar-refractivity contribution is 6.32. The lowest BCUT2D eigenvalue weighted by Gasteiger charge is -2.45. The minimum atomic E-state index is -0.708. The van der Waals surface area contributed by atoms with Crippen molar-refractivity contribution in [3.8, 4) is 5.75 Å². The number of rotatable bonds is 4. The standard InChI is InChI=1S/C13H16ClNO3/c1-2-13(17)8-15(9-13)12(16)7-18-11-6-4-3-5-10(11)14/h3-6,17H,2,7-9H2,1H3. The Balaban J connectivity index is 1.82. The third-order valence-electron chi connectivity index (χ3n) is 3.17. The monoisotopic (exact) mass is 269 g/mol. The normalized spacial score (nSPS) is 17.2. The van der Waals surface area contributed by atoms with Crippen molar-refractivity contribution in [1.82, 2.24) is 4.90 Å². The van der Waals surface area contributed by atoms with Gasteiger partial charge in [0.1, 0.15) is 5.75 Å². The van der Waals surface area contributed by atoms with Gasteiger partial charge >= 0.3 is 0 Å². The van der Waals surface area contributed by atoms with E-state index in [1.54, 1.807) is 29.2 Å². The topological polar surface area (TPSA) is 49.8 Å². The lowest BCUT2D eigenvalue weighted by atomic mass is 9.91. The highest BCUT2D eigenvalue weighted by atomic mass is 35.5. The Morgan fingerprint density at radius 2 is 2.17 bits per heavy atom. The smallest absolute Gasteiger partial charge is 0.260 e. The molecule has 1 N–H and O–H groups in total. The summed E-state index contributed by atoms with van der Waals surface area (Å²) in [5.41, 5.74) is -0.708. The molecule has 5 heteroatoms. The van der Waals surface area contributed by atoms with Crippen molar-refractivity contribution in [2.24, 2.45) is 0 Å². The van der Waals surface area contributed by atoms with E-state index in [4.69, 9.17) is 16.3 Å². The first kappa shape index (κ1) is 13.2. The van der Waals surface area contributed by atoms with Gasteiger partial charge < -0.3 is 14.7 Å². The number of β-amino-alcohol motifs (C(OH)–C–C–N with tert-alkyl or cyclic N) is 1. The molecule has 1 aliphatic rings. The number of carbonyl (C=O) groups is 1. The molecule has 0 atom stereocenters. The summed E-state index contributed by atoms with van der Waals surface area (Å²) in [6, 6.07) is 7.02. The third-order valence-corrected chi connectivity index (χ3v) is 3.48. The molecule has 0 saturated carbocycles. The fourth-order valence-electron chi connectivity index (χ4n) is 1.86. The first-order chi connectivity index (χ1) is 8.54. The molecule has 1 aliphatic heterocycles. The zero-order valence-electron chi connectivity index (χ0n) is 10.2. The van der Waals surface area contributed by atoms with Crippen LogP contribution in [0.5, 0.6) is 5.75 Å². The Hall–Kier alpha value is -1.26. The number of hydrogen-bond donors (Lipinski definition) is 1. The van der Waals surface area contributed by atoms with Gasteiger partial charge in [-0.15, -0.1) is 0 Å². The summed E-state index contributed by atoms with van der Waals surface area (Å²) < 4.78 is 5.35. The quantitative estimate of drug-likeness (QED) is 0.905. The number of hydrogen-bond acceptors (Lipinski definition) is 3. The molecule has 0 aromatic heterocycles. The van der Waals surface area contributed by atoms with Crippen molar-refractivity contribution in [3.63, 3.8) is 0 Å². The fourth-order valence-corrected chi connectivity index (χ4v) is 2.05. The van der Waals surface area contributed by atoms with Crippen LogP contribution in [0.2, 0.25) is 5.02 Å². The number of carbonyl (C=O) groups excluding carboxylic acids is 1. The third kappa shape index (κ3) is 2.76. The van der Waals surface area contributed by atoms with Crippen LogP contribution in [0.4, 0.5) is 0 Å². The lowest BCUT2D eigenvalue weighted by Crippen LogP contribution is -2.63. The molecule has 0 bridgehead atoms. The van der Waals surface area contributed by atoms with Gasteiger partial charge in [-0.3, -0.25) is 4.79 Å². The van der Waals surface area contributed by atoms with Gasteiger partial charge in [0.25, 0.3) is 5.91 Å². The van der Waals surface area contributed by atoms with Crippen molar-refractivity contribution in [2.75, 3.05) is 19.7 Å². The van der Waals surface area contributed by atoms with Crippen LogP contribution in [0.1, 0.15) is 13.3 Å². The van der Waals surface area contributed by atoms with Gasteiger partial charge in [0.2, 0.25) is 0 Å². The number of amides is 1. The van der Waals surface area contributed by atoms with Crippen LogP contribution >= 0.6 is 11.6 Å². The number of ether oxygens (including phenoxy) is 1. The first-order valence-corrected chi connectivity index (χ1v) is 6.29. The van der Waals surface area contributed by atoms with E-state index < -0.39 is 5.60 Å². The average Bonchev–Trinajstić information content (AvgIpc) is 2.33. The van der Waals surface area contributed by atoms with Gasteiger partial charge in [0.15, 0.2) is 6.61 Å². The minimum Gasteiger partial charge on any atom is -0.482 e. The van der Waals surface area contributed by atoms with E-state index in [-0.39, 0.29) is 12.5 Å². The maximum absolute atomic E-state index is 11.8. The van der Waals surface area contributed by atoms with Crippen LogP contribution in [-0.2, 0) is 4.79 Å². The number of aliphatic hydroxyl groups is 1. The summed E-state index contributed by atoms with van der Waals surface area (Å²) in [6.07, 6.45) is 0.655. The molecule has 1 fully saturated rings. The maximum Gasteiger partial charge on any atom is 0.260 e. The highest BCUT2D eigenvalue weighted by Crippen LogP contribution is 2.25. The summed E-state index contributed by atoms with van der Waals surface area (Å²) in [4.78, 5) is 13.3. The summed E-state index contributed by atoms with van der Waals surface area (Å²) in [7, 11) is 0. The van der Waals surface area contributed by atoms with Gasteiger partial charge in [0.05, 0.1) is 23.7 Å². The van der Waals surface area contributed by atoms with Gasteiger partial charge in [-0.05, 0) is 18.6 Å². The van der Waals surface area contributed by atoms with E-state index in [9.17, 15) is 9.90 Å². The molecular weight excluding hydrogens is 254 g/mol. The summed E-state index contributed by atoms with van der Waals surface area (Å²) >= 11 is 5.91. The van der Waals surface area contributed by atoms with E-state index in [0.29, 0.717) is 30.3 Å². The molecule has 0 spiro atoms. The van der Waals surface area contributed by atoms with E-state index in [1.165, 1.54) is 0 Å². The predicted molar refractivity (Wildman–Crippen MR) is 68.8 cm³/mol. The second-order valence-electron chi connectivity index (χ2n) is 4.55. The van der Waals surface area contributed by atoms with Crippen molar-refractivity contribution >= 4 is 17.5 Å². The molecule has 1 aromatic rings. The molecule has 2 rings (SSSR count). The molecule has 0 unspecified atom stereocenters. The maximum atomic E-state index is 11.8. The number of benzene rings is 1. The van der Waals surface area contributed by atoms with E-state index in [2.05, 4.69) is 0 Å². The predicted octanol–water partition coefficient (Wildman–Crippen LogP) is 1.70. The fraction of sp³-hybridized carbons (Fsp3) is 0.462. The van der Waals surface area contributed by atoms with Crippen LogP contribution in [0.25, 0.3) is 0 Å². The van der Waals surface area contributed by atoms with Crippen molar-refractivity contribution in [2.45, 2.75) is 18.9 Å². The second-order valence-corrected chi connectivity index (χ2v) is 4.95. The molecule has 18 heavy (non-hydrogen) atoms. The van der Waals surface area contributed by atoms with Crippen molar-refractivity contribution in [1.29, 1.82) is 0 Å². The van der Waals surface area contributed by atoms with Gasteiger partial charge in [0, 0.05) is 0 Å². The lowest BCUT2D eigenvalue weighted by molar-refractivity contribution is -0.157. The Morgan fingerprint density at radius 3 is 2.78 bits per heavy atom. The zero-order chi connectivity index (χ0) is 13.2. The molecule has 0 radical (unpaired) electrons. The number of para-hydroxylation sites is 1. The molecule has 1 amide bonds. The Labute approximate surface area is 111 Å². The molecule has 4 nitrogen and oxygen atoms in total. The molecule has 98 valence electrons. The average molecular weight is 270 g/mol. The molecule has 1 aromatic carbocycles. The summed E-state index contributed by atoms with van der Waals surface area (Å²) in [5.74, 6) is 0.367. The van der Waals surface area contributed by atoms with Crippen molar-refractivity contribution < 1.29 is 14.6 Å². The van der Waals surface area contributed by atoms with E-state index >= 15 is 0 Å². The van der Waals surface area contributed by atoms with Crippen LogP contribution in [0.15, 0.2) is 24.3 Å².